The van der Waals surface area contributed by atoms with Crippen LogP contribution in [0.5, 0.6) is 0 Å². The molecule has 1 fully saturated rings. The minimum Gasteiger partial charge on any atom is -0.379 e. The van der Waals surface area contributed by atoms with Gasteiger partial charge in [-0.15, -0.1) is 0 Å². The molecule has 144 valence electrons. The fraction of sp³-hybridized carbons (Fsp3) is 1.00. The molecule has 0 radical (unpaired) electrons. The van der Waals surface area contributed by atoms with Crippen LogP contribution in [0.4, 0.5) is 0 Å². The molecule has 1 aliphatic heterocycles. The highest BCUT2D eigenvalue weighted by atomic mass is 16.7. The van der Waals surface area contributed by atoms with Crippen LogP contribution in [-0.4, -0.2) is 44.9 Å². The minimum absolute atomic E-state index is 0.0180. The largest absolute Gasteiger partial charge is 0.379 e. The summed E-state index contributed by atoms with van der Waals surface area (Å²) in [5.74, 6) is 0. The summed E-state index contributed by atoms with van der Waals surface area (Å²) < 4.78 is 23.8. The SMILES string of the molecule is CCCCCOC[C@H]1OC(OCCCCC)C[C@@H]1OCCCCC. The summed E-state index contributed by atoms with van der Waals surface area (Å²) in [5, 5.41) is 0. The molecule has 3 atom stereocenters. The second-order valence-corrected chi connectivity index (χ2v) is 6.82. The zero-order chi connectivity index (χ0) is 17.5. The van der Waals surface area contributed by atoms with E-state index in [0.717, 1.165) is 45.5 Å². The maximum absolute atomic E-state index is 6.07. The molecule has 1 saturated heterocycles. The first-order chi connectivity index (χ1) is 11.8. The molecule has 4 nitrogen and oxygen atoms in total. The third-order valence-corrected chi connectivity index (χ3v) is 4.47. The molecule has 1 heterocycles. The number of unbranched alkanes of at least 4 members (excludes halogenated alkanes) is 6. The van der Waals surface area contributed by atoms with Crippen molar-refractivity contribution in [2.75, 3.05) is 26.4 Å². The van der Waals surface area contributed by atoms with Crippen LogP contribution in [0.25, 0.3) is 0 Å². The minimum atomic E-state index is -0.123. The van der Waals surface area contributed by atoms with Gasteiger partial charge in [0.1, 0.15) is 6.10 Å². The fourth-order valence-corrected chi connectivity index (χ4v) is 2.92. The Morgan fingerprint density at radius 2 is 1.33 bits per heavy atom. The van der Waals surface area contributed by atoms with Gasteiger partial charge in [0, 0.05) is 26.2 Å². The van der Waals surface area contributed by atoms with Crippen molar-refractivity contribution in [3.05, 3.63) is 0 Å². The maximum Gasteiger partial charge on any atom is 0.160 e. The van der Waals surface area contributed by atoms with Gasteiger partial charge in [-0.05, 0) is 19.3 Å². The molecule has 0 bridgehead atoms. The Kier molecular flexibility index (Phi) is 13.8. The van der Waals surface area contributed by atoms with Gasteiger partial charge < -0.3 is 18.9 Å². The van der Waals surface area contributed by atoms with Gasteiger partial charge in [-0.3, -0.25) is 0 Å². The van der Waals surface area contributed by atoms with Crippen molar-refractivity contribution in [2.45, 2.75) is 103 Å². The summed E-state index contributed by atoms with van der Waals surface area (Å²) in [6.07, 6.45) is 11.5. The Morgan fingerprint density at radius 3 is 1.96 bits per heavy atom. The predicted molar refractivity (Wildman–Crippen MR) is 98.4 cm³/mol. The highest BCUT2D eigenvalue weighted by Gasteiger charge is 2.36. The molecule has 0 aromatic heterocycles. The molecule has 4 heteroatoms. The summed E-state index contributed by atoms with van der Waals surface area (Å²) in [7, 11) is 0. The second kappa shape index (κ2) is 15.1. The first-order valence-corrected chi connectivity index (χ1v) is 10.3. The molecular formula is C20H40O4. The zero-order valence-corrected chi connectivity index (χ0v) is 16.3. The van der Waals surface area contributed by atoms with E-state index in [-0.39, 0.29) is 18.5 Å². The molecule has 0 spiro atoms. The van der Waals surface area contributed by atoms with E-state index in [1.165, 1.54) is 38.5 Å². The Hall–Kier alpha value is -0.160. The molecule has 1 rings (SSSR count). The number of hydrogen-bond acceptors (Lipinski definition) is 4. The van der Waals surface area contributed by atoms with Crippen LogP contribution in [0.15, 0.2) is 0 Å². The third kappa shape index (κ3) is 9.97. The summed E-state index contributed by atoms with van der Waals surface area (Å²) in [4.78, 5) is 0. The Morgan fingerprint density at radius 1 is 0.750 bits per heavy atom. The van der Waals surface area contributed by atoms with E-state index in [1.54, 1.807) is 0 Å². The van der Waals surface area contributed by atoms with Gasteiger partial charge in [-0.2, -0.15) is 0 Å². The lowest BCUT2D eigenvalue weighted by Gasteiger charge is -2.19. The lowest BCUT2D eigenvalue weighted by atomic mass is 10.2. The highest BCUT2D eigenvalue weighted by Crippen LogP contribution is 2.25. The van der Waals surface area contributed by atoms with Gasteiger partial charge in [0.2, 0.25) is 0 Å². The normalized spacial score (nSPS) is 23.9. The average molecular weight is 345 g/mol. The lowest BCUT2D eigenvalue weighted by Crippen LogP contribution is -2.29. The van der Waals surface area contributed by atoms with Gasteiger partial charge in [0.05, 0.1) is 12.7 Å². The lowest BCUT2D eigenvalue weighted by molar-refractivity contribution is -0.150. The summed E-state index contributed by atoms with van der Waals surface area (Å²) >= 11 is 0. The smallest absolute Gasteiger partial charge is 0.160 e. The molecule has 0 N–H and O–H groups in total. The standard InChI is InChI=1S/C20H40O4/c1-4-7-10-13-21-17-19-18(22-14-11-8-5-2)16-20(24-19)23-15-12-9-6-3/h18-20H,4-17H2,1-3H3/t18-,19+,20?/m0/s1. The van der Waals surface area contributed by atoms with Gasteiger partial charge in [-0.1, -0.05) is 59.3 Å². The van der Waals surface area contributed by atoms with Crippen LogP contribution in [0.1, 0.15) is 85.0 Å². The van der Waals surface area contributed by atoms with E-state index in [9.17, 15) is 0 Å². The average Bonchev–Trinajstić information content (AvgIpc) is 2.97. The Balaban J connectivity index is 2.28. The van der Waals surface area contributed by atoms with Crippen molar-refractivity contribution in [1.29, 1.82) is 0 Å². The van der Waals surface area contributed by atoms with Crippen LogP contribution in [-0.2, 0) is 18.9 Å². The van der Waals surface area contributed by atoms with Crippen LogP contribution < -0.4 is 0 Å². The van der Waals surface area contributed by atoms with Crippen molar-refractivity contribution in [2.24, 2.45) is 0 Å². The molecule has 24 heavy (non-hydrogen) atoms. The number of hydrogen-bond donors (Lipinski definition) is 0. The first-order valence-electron chi connectivity index (χ1n) is 10.3. The third-order valence-electron chi connectivity index (χ3n) is 4.47. The second-order valence-electron chi connectivity index (χ2n) is 6.82. The van der Waals surface area contributed by atoms with Crippen molar-refractivity contribution in [3.63, 3.8) is 0 Å². The van der Waals surface area contributed by atoms with Crippen LogP contribution in [0.2, 0.25) is 0 Å². The van der Waals surface area contributed by atoms with Crippen molar-refractivity contribution in [3.8, 4) is 0 Å². The molecular weight excluding hydrogens is 304 g/mol. The zero-order valence-electron chi connectivity index (χ0n) is 16.3. The topological polar surface area (TPSA) is 36.9 Å². The number of ether oxygens (including phenoxy) is 4. The van der Waals surface area contributed by atoms with Crippen LogP contribution in [0.3, 0.4) is 0 Å². The molecule has 0 aliphatic carbocycles. The van der Waals surface area contributed by atoms with E-state index in [4.69, 9.17) is 18.9 Å². The van der Waals surface area contributed by atoms with Crippen molar-refractivity contribution >= 4 is 0 Å². The van der Waals surface area contributed by atoms with Gasteiger partial charge in [0.15, 0.2) is 6.29 Å². The van der Waals surface area contributed by atoms with Crippen LogP contribution in [0, 0.1) is 0 Å². The highest BCUT2D eigenvalue weighted by molar-refractivity contribution is 4.80. The summed E-state index contributed by atoms with van der Waals surface area (Å²) in [6.45, 7) is 9.67. The molecule has 1 aliphatic rings. The van der Waals surface area contributed by atoms with Gasteiger partial charge >= 0.3 is 0 Å². The first kappa shape index (κ1) is 21.9. The molecule has 0 saturated carbocycles. The molecule has 0 amide bonds. The van der Waals surface area contributed by atoms with Gasteiger partial charge in [0.25, 0.3) is 0 Å². The number of rotatable bonds is 16. The van der Waals surface area contributed by atoms with Crippen LogP contribution >= 0.6 is 0 Å². The quantitative estimate of drug-likeness (QED) is 0.365. The van der Waals surface area contributed by atoms with E-state index in [0.29, 0.717) is 6.61 Å². The van der Waals surface area contributed by atoms with Crippen molar-refractivity contribution < 1.29 is 18.9 Å². The summed E-state index contributed by atoms with van der Waals surface area (Å²) in [5.41, 5.74) is 0. The van der Waals surface area contributed by atoms with Crippen molar-refractivity contribution in [1.82, 2.24) is 0 Å². The maximum atomic E-state index is 6.07. The van der Waals surface area contributed by atoms with Gasteiger partial charge in [-0.25, -0.2) is 0 Å². The van der Waals surface area contributed by atoms with E-state index < -0.39 is 0 Å². The summed E-state index contributed by atoms with van der Waals surface area (Å²) in [6, 6.07) is 0. The monoisotopic (exact) mass is 344 g/mol. The molecule has 0 aromatic carbocycles. The predicted octanol–water partition coefficient (Wildman–Crippen LogP) is 5.09. The molecule has 0 aromatic rings. The Labute approximate surface area is 149 Å². The Bertz CT molecular complexity index is 272. The van der Waals surface area contributed by atoms with E-state index >= 15 is 0 Å². The van der Waals surface area contributed by atoms with E-state index in [2.05, 4.69) is 20.8 Å². The fourth-order valence-electron chi connectivity index (χ4n) is 2.92. The van der Waals surface area contributed by atoms with E-state index in [1.807, 2.05) is 0 Å². The molecule has 1 unspecified atom stereocenters.